The Morgan fingerprint density at radius 2 is 1.93 bits per heavy atom. The third-order valence-corrected chi connectivity index (χ3v) is 4.48. The second-order valence-electron chi connectivity index (χ2n) is 6.09. The van der Waals surface area contributed by atoms with Crippen LogP contribution >= 0.6 is 0 Å². The number of carbonyl (C=O) groups excluding carboxylic acids is 2. The first-order valence-corrected chi connectivity index (χ1v) is 8.39. The summed E-state index contributed by atoms with van der Waals surface area (Å²) in [5.74, 6) is 0.149. The van der Waals surface area contributed by atoms with Crippen LogP contribution in [0.4, 0.5) is 11.4 Å². The zero-order valence-electron chi connectivity index (χ0n) is 15.1. The molecule has 0 saturated carbocycles. The Bertz CT molecular complexity index is 920. The lowest BCUT2D eigenvalue weighted by Crippen LogP contribution is -2.28. The molecule has 0 radical (unpaired) electrons. The fourth-order valence-electron chi connectivity index (χ4n) is 3.05. The van der Waals surface area contributed by atoms with Crippen molar-refractivity contribution in [3.05, 3.63) is 48.0 Å². The van der Waals surface area contributed by atoms with Gasteiger partial charge in [0.05, 0.1) is 31.4 Å². The van der Waals surface area contributed by atoms with Crippen LogP contribution in [0.1, 0.15) is 12.0 Å². The van der Waals surface area contributed by atoms with Gasteiger partial charge in [0.25, 0.3) is 0 Å². The summed E-state index contributed by atoms with van der Waals surface area (Å²) in [5.41, 5.74) is 1.47. The van der Waals surface area contributed by atoms with E-state index in [4.69, 9.17) is 14.7 Å². The van der Waals surface area contributed by atoms with E-state index in [0.29, 0.717) is 28.4 Å². The van der Waals surface area contributed by atoms with Gasteiger partial charge in [-0.25, -0.2) is 0 Å². The minimum absolute atomic E-state index is 0.106. The van der Waals surface area contributed by atoms with Gasteiger partial charge in [0.2, 0.25) is 11.8 Å². The lowest BCUT2D eigenvalue weighted by Gasteiger charge is -2.18. The number of nitrogens with zero attached hydrogens (tertiary/aromatic N) is 2. The summed E-state index contributed by atoms with van der Waals surface area (Å²) < 4.78 is 10.5. The summed E-state index contributed by atoms with van der Waals surface area (Å²) in [5, 5.41) is 11.9. The highest BCUT2D eigenvalue weighted by Gasteiger charge is 2.35. The number of amides is 2. The molecule has 3 rings (SSSR count). The van der Waals surface area contributed by atoms with Gasteiger partial charge in [0, 0.05) is 24.7 Å². The fraction of sp³-hybridized carbons (Fsp3) is 0.250. The van der Waals surface area contributed by atoms with Gasteiger partial charge in [0.15, 0.2) is 11.5 Å². The molecule has 2 amide bonds. The van der Waals surface area contributed by atoms with Crippen molar-refractivity contribution < 1.29 is 19.1 Å². The zero-order chi connectivity index (χ0) is 19.4. The van der Waals surface area contributed by atoms with Crippen LogP contribution in [0.3, 0.4) is 0 Å². The molecule has 0 spiro atoms. The Kier molecular flexibility index (Phi) is 5.27. The van der Waals surface area contributed by atoms with E-state index in [2.05, 4.69) is 5.32 Å². The molecule has 7 nitrogen and oxygen atoms in total. The summed E-state index contributed by atoms with van der Waals surface area (Å²) in [7, 11) is 3.06. The molecule has 0 aromatic heterocycles. The monoisotopic (exact) mass is 365 g/mol. The zero-order valence-corrected chi connectivity index (χ0v) is 15.1. The number of carbonyl (C=O) groups is 2. The van der Waals surface area contributed by atoms with Crippen LogP contribution in [-0.4, -0.2) is 32.6 Å². The van der Waals surface area contributed by atoms with Gasteiger partial charge in [-0.3, -0.25) is 9.59 Å². The van der Waals surface area contributed by atoms with Crippen LogP contribution in [0.2, 0.25) is 0 Å². The average Bonchev–Trinajstić information content (AvgIpc) is 3.09. The Labute approximate surface area is 157 Å². The Hall–Kier alpha value is -3.53. The smallest absolute Gasteiger partial charge is 0.229 e. The van der Waals surface area contributed by atoms with E-state index in [1.807, 2.05) is 6.07 Å². The Morgan fingerprint density at radius 3 is 2.63 bits per heavy atom. The SMILES string of the molecule is COc1ccc(N2CC(C(=O)Nc3ccccc3C#N)CC2=O)cc1OC. The van der Waals surface area contributed by atoms with Crippen LogP contribution in [0.15, 0.2) is 42.5 Å². The summed E-state index contributed by atoms with van der Waals surface area (Å²) in [6.45, 7) is 0.259. The van der Waals surface area contributed by atoms with E-state index < -0.39 is 5.92 Å². The Balaban J connectivity index is 1.75. The molecule has 2 aromatic carbocycles. The molecule has 1 N–H and O–H groups in total. The number of nitriles is 1. The summed E-state index contributed by atoms with van der Waals surface area (Å²) in [4.78, 5) is 26.6. The second kappa shape index (κ2) is 7.79. The molecule has 0 bridgehead atoms. The molecule has 27 heavy (non-hydrogen) atoms. The molecular formula is C20H19N3O4. The number of para-hydroxylation sites is 1. The fourth-order valence-corrected chi connectivity index (χ4v) is 3.05. The van der Waals surface area contributed by atoms with Crippen LogP contribution in [-0.2, 0) is 9.59 Å². The molecule has 1 aliphatic heterocycles. The average molecular weight is 365 g/mol. The molecule has 138 valence electrons. The molecule has 2 aromatic rings. The first kappa shape index (κ1) is 18.3. The van der Waals surface area contributed by atoms with E-state index in [-0.39, 0.29) is 24.8 Å². The van der Waals surface area contributed by atoms with Crippen LogP contribution in [0.5, 0.6) is 11.5 Å². The number of hydrogen-bond acceptors (Lipinski definition) is 5. The first-order valence-electron chi connectivity index (χ1n) is 8.39. The molecular weight excluding hydrogens is 346 g/mol. The normalized spacial score (nSPS) is 16.0. The van der Waals surface area contributed by atoms with Crippen LogP contribution < -0.4 is 19.7 Å². The number of nitrogens with one attached hydrogen (secondary N) is 1. The maximum absolute atomic E-state index is 12.6. The topological polar surface area (TPSA) is 91.7 Å². The number of rotatable bonds is 5. The van der Waals surface area contributed by atoms with E-state index in [1.165, 1.54) is 14.2 Å². The second-order valence-corrected chi connectivity index (χ2v) is 6.09. The maximum Gasteiger partial charge on any atom is 0.229 e. The minimum Gasteiger partial charge on any atom is -0.493 e. The van der Waals surface area contributed by atoms with Crippen molar-refractivity contribution in [1.82, 2.24) is 0 Å². The van der Waals surface area contributed by atoms with Crippen molar-refractivity contribution >= 4 is 23.2 Å². The first-order chi connectivity index (χ1) is 13.1. The number of benzene rings is 2. The largest absolute Gasteiger partial charge is 0.493 e. The van der Waals surface area contributed by atoms with Gasteiger partial charge >= 0.3 is 0 Å². The summed E-state index contributed by atoms with van der Waals surface area (Å²) >= 11 is 0. The van der Waals surface area contributed by atoms with Gasteiger partial charge in [-0.05, 0) is 24.3 Å². The van der Waals surface area contributed by atoms with Crippen molar-refractivity contribution in [1.29, 1.82) is 5.26 Å². The predicted molar refractivity (Wildman–Crippen MR) is 99.8 cm³/mol. The predicted octanol–water partition coefficient (Wildman–Crippen LogP) is 2.57. The molecule has 0 aliphatic carbocycles. The third kappa shape index (κ3) is 3.70. The van der Waals surface area contributed by atoms with Crippen molar-refractivity contribution in [3.63, 3.8) is 0 Å². The molecule has 1 fully saturated rings. The summed E-state index contributed by atoms with van der Waals surface area (Å²) in [6, 6.07) is 14.0. The molecule has 1 atom stereocenters. The van der Waals surface area contributed by atoms with Gasteiger partial charge in [0.1, 0.15) is 6.07 Å². The highest BCUT2D eigenvalue weighted by molar-refractivity contribution is 6.04. The quantitative estimate of drug-likeness (QED) is 0.879. The maximum atomic E-state index is 12.6. The van der Waals surface area contributed by atoms with E-state index in [9.17, 15) is 9.59 Å². The lowest BCUT2D eigenvalue weighted by atomic mass is 10.1. The summed E-state index contributed by atoms with van der Waals surface area (Å²) in [6.07, 6.45) is 0.106. The van der Waals surface area contributed by atoms with Gasteiger partial charge in [-0.2, -0.15) is 5.26 Å². The third-order valence-electron chi connectivity index (χ3n) is 4.48. The van der Waals surface area contributed by atoms with Gasteiger partial charge < -0.3 is 19.7 Å². The van der Waals surface area contributed by atoms with Crippen LogP contribution in [0.25, 0.3) is 0 Å². The molecule has 1 unspecified atom stereocenters. The molecule has 1 saturated heterocycles. The van der Waals surface area contributed by atoms with Crippen molar-refractivity contribution in [2.45, 2.75) is 6.42 Å². The van der Waals surface area contributed by atoms with Crippen LogP contribution in [0, 0.1) is 17.2 Å². The van der Waals surface area contributed by atoms with Gasteiger partial charge in [-0.1, -0.05) is 12.1 Å². The van der Waals surface area contributed by atoms with E-state index in [1.54, 1.807) is 47.4 Å². The Morgan fingerprint density at radius 1 is 1.19 bits per heavy atom. The van der Waals surface area contributed by atoms with Crippen molar-refractivity contribution in [2.75, 3.05) is 31.0 Å². The lowest BCUT2D eigenvalue weighted by molar-refractivity contribution is -0.122. The van der Waals surface area contributed by atoms with E-state index in [0.717, 1.165) is 0 Å². The van der Waals surface area contributed by atoms with Gasteiger partial charge in [-0.15, -0.1) is 0 Å². The molecule has 1 aliphatic rings. The van der Waals surface area contributed by atoms with Crippen molar-refractivity contribution in [3.8, 4) is 17.6 Å². The highest BCUT2D eigenvalue weighted by Crippen LogP contribution is 2.34. The molecule has 1 heterocycles. The van der Waals surface area contributed by atoms with Crippen molar-refractivity contribution in [2.24, 2.45) is 5.92 Å². The van der Waals surface area contributed by atoms with E-state index >= 15 is 0 Å². The molecule has 7 heteroatoms. The number of methoxy groups -OCH3 is 2. The number of ether oxygens (including phenoxy) is 2. The highest BCUT2D eigenvalue weighted by atomic mass is 16.5. The standard InChI is InChI=1S/C20H19N3O4/c1-26-17-8-7-15(10-18(17)27-2)23-12-14(9-19(23)24)20(25)22-16-6-4-3-5-13(16)11-21/h3-8,10,14H,9,12H2,1-2H3,(H,22,25). The minimum atomic E-state index is -0.502. The number of hydrogen-bond donors (Lipinski definition) is 1. The number of anilines is 2.